The lowest BCUT2D eigenvalue weighted by atomic mass is 9.86. The van der Waals surface area contributed by atoms with Crippen LogP contribution in [0.2, 0.25) is 10.0 Å². The number of carbonyl (C=O) groups is 3. The molecule has 3 heterocycles. The van der Waals surface area contributed by atoms with Gasteiger partial charge < -0.3 is 20.1 Å². The van der Waals surface area contributed by atoms with Gasteiger partial charge in [-0.3, -0.25) is 14.4 Å². The normalized spacial score (nSPS) is 20.1. The van der Waals surface area contributed by atoms with Crippen LogP contribution in [0, 0.1) is 0 Å². The second kappa shape index (κ2) is 8.57. The van der Waals surface area contributed by atoms with Crippen LogP contribution >= 0.6 is 23.2 Å². The molecule has 2 aliphatic rings. The molecule has 5 rings (SSSR count). The average Bonchev–Trinajstić information content (AvgIpc) is 3.15. The summed E-state index contributed by atoms with van der Waals surface area (Å²) < 4.78 is 0. The Morgan fingerprint density at radius 2 is 1.86 bits per heavy atom. The number of carbonyl (C=O) groups excluding carboxylic acids is 3. The molecule has 0 aliphatic carbocycles. The lowest BCUT2D eigenvalue weighted by Crippen LogP contribution is -2.64. The number of H-pyrrole nitrogens is 1. The predicted molar refractivity (Wildman–Crippen MR) is 135 cm³/mol. The Kier molecular flexibility index (Phi) is 5.80. The lowest BCUT2D eigenvalue weighted by molar-refractivity contribution is -0.159. The predicted octanol–water partition coefficient (Wildman–Crippen LogP) is 4.07. The Morgan fingerprint density at radius 3 is 2.57 bits per heavy atom. The molecule has 0 unspecified atom stereocenters. The second-order valence-electron chi connectivity index (χ2n) is 10.2. The average molecular weight is 513 g/mol. The van der Waals surface area contributed by atoms with Crippen LogP contribution in [0.1, 0.15) is 43.6 Å². The number of hydrogen-bond donors (Lipinski definition) is 2. The van der Waals surface area contributed by atoms with E-state index in [1.165, 1.54) is 4.90 Å². The standard InChI is InChI=1S/C26H26Cl2N4O3/c1-26(2,3)30-21(33)12-31-13-22(34)32-20(25(31)35)11-16-15-6-4-5-7-19(15)29-23(16)24(32)14-8-9-17(27)18(28)10-14/h4-10,20,24,29H,11-13H2,1-3H3,(H,30,33)/t20-,24+/m0/s1. The minimum absolute atomic E-state index is 0.162. The van der Waals surface area contributed by atoms with Crippen LogP contribution in [0.4, 0.5) is 0 Å². The number of aromatic nitrogens is 1. The fourth-order valence-corrected chi connectivity index (χ4v) is 5.42. The fraction of sp³-hybridized carbons (Fsp3) is 0.346. The molecule has 1 saturated heterocycles. The van der Waals surface area contributed by atoms with Gasteiger partial charge in [-0.1, -0.05) is 47.5 Å². The third-order valence-electron chi connectivity index (χ3n) is 6.45. The van der Waals surface area contributed by atoms with Crippen molar-refractivity contribution < 1.29 is 14.4 Å². The smallest absolute Gasteiger partial charge is 0.246 e. The molecule has 1 aromatic heterocycles. The van der Waals surface area contributed by atoms with E-state index in [2.05, 4.69) is 10.3 Å². The fourth-order valence-electron chi connectivity index (χ4n) is 5.12. The molecule has 0 saturated carbocycles. The number of amides is 3. The molecule has 35 heavy (non-hydrogen) atoms. The molecule has 182 valence electrons. The summed E-state index contributed by atoms with van der Waals surface area (Å²) >= 11 is 12.5. The SMILES string of the molecule is CC(C)(C)NC(=O)CN1CC(=O)N2[C@H](c3ccc(Cl)c(Cl)c3)c3[nH]c4ccccc4c3C[C@H]2C1=O. The number of nitrogens with one attached hydrogen (secondary N) is 2. The molecule has 2 aromatic carbocycles. The lowest BCUT2D eigenvalue weighted by Gasteiger charge is -2.47. The molecule has 3 amide bonds. The zero-order valence-electron chi connectivity index (χ0n) is 19.7. The van der Waals surface area contributed by atoms with Gasteiger partial charge in [0.25, 0.3) is 0 Å². The Bertz CT molecular complexity index is 1360. The molecule has 0 spiro atoms. The van der Waals surface area contributed by atoms with Crippen molar-refractivity contribution in [1.29, 1.82) is 0 Å². The minimum Gasteiger partial charge on any atom is -0.356 e. The number of fused-ring (bicyclic) bond motifs is 4. The third-order valence-corrected chi connectivity index (χ3v) is 7.19. The summed E-state index contributed by atoms with van der Waals surface area (Å²) in [6.07, 6.45) is 0.360. The Labute approximate surface area is 213 Å². The van der Waals surface area contributed by atoms with Crippen LogP contribution in [0.25, 0.3) is 10.9 Å². The van der Waals surface area contributed by atoms with Crippen LogP contribution in [0.3, 0.4) is 0 Å². The van der Waals surface area contributed by atoms with Crippen LogP contribution in [-0.2, 0) is 20.8 Å². The largest absolute Gasteiger partial charge is 0.356 e. The van der Waals surface area contributed by atoms with E-state index in [0.29, 0.717) is 16.5 Å². The molecule has 2 aliphatic heterocycles. The van der Waals surface area contributed by atoms with E-state index in [1.54, 1.807) is 17.0 Å². The Morgan fingerprint density at radius 1 is 1.11 bits per heavy atom. The van der Waals surface area contributed by atoms with Gasteiger partial charge in [0.1, 0.15) is 19.1 Å². The third kappa shape index (κ3) is 4.28. The first-order valence-corrected chi connectivity index (χ1v) is 12.2. The van der Waals surface area contributed by atoms with Crippen molar-refractivity contribution in [1.82, 2.24) is 20.1 Å². The number of aromatic amines is 1. The van der Waals surface area contributed by atoms with E-state index in [1.807, 2.05) is 51.1 Å². The first-order chi connectivity index (χ1) is 16.5. The van der Waals surface area contributed by atoms with Gasteiger partial charge in [-0.05, 0) is 50.1 Å². The number of nitrogens with zero attached hydrogens (tertiary/aromatic N) is 2. The highest BCUT2D eigenvalue weighted by Crippen LogP contribution is 2.43. The maximum Gasteiger partial charge on any atom is 0.246 e. The van der Waals surface area contributed by atoms with Crippen molar-refractivity contribution in [3.05, 3.63) is 69.3 Å². The summed E-state index contributed by atoms with van der Waals surface area (Å²) in [4.78, 5) is 46.2. The summed E-state index contributed by atoms with van der Waals surface area (Å²) in [6.45, 7) is 5.29. The molecule has 1 fully saturated rings. The Balaban J connectivity index is 1.58. The molecule has 0 bridgehead atoms. The molecule has 7 nitrogen and oxygen atoms in total. The quantitative estimate of drug-likeness (QED) is 0.554. The van der Waals surface area contributed by atoms with Gasteiger partial charge in [-0.15, -0.1) is 0 Å². The Hall–Kier alpha value is -3.03. The van der Waals surface area contributed by atoms with Gasteiger partial charge in [0.05, 0.1) is 16.1 Å². The monoisotopic (exact) mass is 512 g/mol. The second-order valence-corrected chi connectivity index (χ2v) is 11.0. The van der Waals surface area contributed by atoms with E-state index < -0.39 is 17.6 Å². The number of rotatable bonds is 3. The molecule has 3 aromatic rings. The van der Waals surface area contributed by atoms with Gasteiger partial charge in [0.15, 0.2) is 0 Å². The number of hydrogen-bond acceptors (Lipinski definition) is 3. The minimum atomic E-state index is -0.732. The maximum absolute atomic E-state index is 13.7. The van der Waals surface area contributed by atoms with E-state index >= 15 is 0 Å². The van der Waals surface area contributed by atoms with Crippen molar-refractivity contribution in [3.8, 4) is 0 Å². The molecule has 2 N–H and O–H groups in total. The van der Waals surface area contributed by atoms with Gasteiger partial charge >= 0.3 is 0 Å². The van der Waals surface area contributed by atoms with E-state index in [4.69, 9.17) is 23.2 Å². The first kappa shape index (κ1) is 23.7. The zero-order valence-corrected chi connectivity index (χ0v) is 21.2. The molecule has 0 radical (unpaired) electrons. The van der Waals surface area contributed by atoms with Crippen molar-refractivity contribution in [2.75, 3.05) is 13.1 Å². The van der Waals surface area contributed by atoms with Crippen molar-refractivity contribution in [3.63, 3.8) is 0 Å². The zero-order chi connectivity index (χ0) is 25.1. The summed E-state index contributed by atoms with van der Waals surface area (Å²) in [5.41, 5.74) is 3.11. The van der Waals surface area contributed by atoms with Gasteiger partial charge in [-0.2, -0.15) is 0 Å². The van der Waals surface area contributed by atoms with Crippen molar-refractivity contribution in [2.24, 2.45) is 0 Å². The summed E-state index contributed by atoms with van der Waals surface area (Å²) in [6, 6.07) is 11.9. The van der Waals surface area contributed by atoms with Crippen LogP contribution in [-0.4, -0.2) is 57.2 Å². The molecular formula is C26H26Cl2N4O3. The number of piperazine rings is 1. The van der Waals surface area contributed by atoms with Crippen LogP contribution in [0.15, 0.2) is 42.5 Å². The van der Waals surface area contributed by atoms with E-state index in [-0.39, 0.29) is 30.8 Å². The highest BCUT2D eigenvalue weighted by Gasteiger charge is 2.48. The summed E-state index contributed by atoms with van der Waals surface area (Å²) in [5.74, 6) is -0.759. The first-order valence-electron chi connectivity index (χ1n) is 11.5. The molecule has 2 atom stereocenters. The highest BCUT2D eigenvalue weighted by atomic mass is 35.5. The number of benzene rings is 2. The van der Waals surface area contributed by atoms with Crippen LogP contribution in [0.5, 0.6) is 0 Å². The van der Waals surface area contributed by atoms with E-state index in [0.717, 1.165) is 27.7 Å². The van der Waals surface area contributed by atoms with Crippen molar-refractivity contribution in [2.45, 2.75) is 44.8 Å². The summed E-state index contributed by atoms with van der Waals surface area (Å²) in [7, 11) is 0. The van der Waals surface area contributed by atoms with Gasteiger partial charge in [-0.25, -0.2) is 0 Å². The molecular weight excluding hydrogens is 487 g/mol. The number of para-hydroxylation sites is 1. The maximum atomic E-state index is 13.7. The van der Waals surface area contributed by atoms with Crippen molar-refractivity contribution >= 4 is 51.8 Å². The topological polar surface area (TPSA) is 85.5 Å². The van der Waals surface area contributed by atoms with Gasteiger partial charge in [0.2, 0.25) is 17.7 Å². The molecule has 9 heteroatoms. The number of halogens is 2. The van der Waals surface area contributed by atoms with Gasteiger partial charge in [0, 0.05) is 28.6 Å². The van der Waals surface area contributed by atoms with Crippen LogP contribution < -0.4 is 5.32 Å². The van der Waals surface area contributed by atoms with E-state index in [9.17, 15) is 14.4 Å². The highest BCUT2D eigenvalue weighted by molar-refractivity contribution is 6.42. The summed E-state index contributed by atoms with van der Waals surface area (Å²) in [5, 5.41) is 4.66.